The zero-order valence-electron chi connectivity index (χ0n) is 13.5. The molecule has 1 heterocycles. The van der Waals surface area contributed by atoms with E-state index in [0.29, 0.717) is 24.9 Å². The van der Waals surface area contributed by atoms with Crippen molar-refractivity contribution in [3.63, 3.8) is 0 Å². The third-order valence-corrected chi connectivity index (χ3v) is 4.25. The maximum absolute atomic E-state index is 12.0. The van der Waals surface area contributed by atoms with E-state index in [9.17, 15) is 9.59 Å². The van der Waals surface area contributed by atoms with Crippen molar-refractivity contribution >= 4 is 12.0 Å². The third kappa shape index (κ3) is 6.80. The Morgan fingerprint density at radius 1 is 1.29 bits per heavy atom. The summed E-state index contributed by atoms with van der Waals surface area (Å²) in [7, 11) is 4.16. The largest absolute Gasteiger partial charge is 0.481 e. The van der Waals surface area contributed by atoms with Crippen molar-refractivity contribution in [2.24, 2.45) is 5.92 Å². The predicted octanol–water partition coefficient (Wildman–Crippen LogP) is 1.61. The number of amides is 2. The summed E-state index contributed by atoms with van der Waals surface area (Å²) in [6.07, 6.45) is 3.74. The van der Waals surface area contributed by atoms with Crippen LogP contribution in [0.1, 0.15) is 39.0 Å². The van der Waals surface area contributed by atoms with E-state index < -0.39 is 5.97 Å². The van der Waals surface area contributed by atoms with E-state index in [4.69, 9.17) is 5.11 Å². The van der Waals surface area contributed by atoms with Gasteiger partial charge in [-0.1, -0.05) is 6.92 Å². The van der Waals surface area contributed by atoms with Gasteiger partial charge in [0.2, 0.25) is 0 Å². The van der Waals surface area contributed by atoms with Crippen LogP contribution in [-0.2, 0) is 4.79 Å². The van der Waals surface area contributed by atoms with Gasteiger partial charge in [0.25, 0.3) is 0 Å². The minimum atomic E-state index is -0.755. The van der Waals surface area contributed by atoms with E-state index in [1.165, 1.54) is 0 Å². The first-order valence-electron chi connectivity index (χ1n) is 7.81. The number of rotatable bonds is 7. The maximum atomic E-state index is 12.0. The first-order chi connectivity index (χ1) is 9.90. The zero-order chi connectivity index (χ0) is 15.8. The molecule has 0 bridgehead atoms. The number of carbonyl (C=O) groups excluding carboxylic acids is 1. The van der Waals surface area contributed by atoms with Crippen LogP contribution in [0.5, 0.6) is 0 Å². The second-order valence-electron chi connectivity index (χ2n) is 6.24. The lowest BCUT2D eigenvalue weighted by molar-refractivity contribution is -0.137. The number of nitrogens with one attached hydrogen (secondary N) is 1. The molecule has 1 fully saturated rings. The van der Waals surface area contributed by atoms with Gasteiger partial charge in [0.1, 0.15) is 0 Å². The highest BCUT2D eigenvalue weighted by Crippen LogP contribution is 2.14. The van der Waals surface area contributed by atoms with Crippen LogP contribution in [-0.4, -0.2) is 66.7 Å². The van der Waals surface area contributed by atoms with Crippen molar-refractivity contribution in [1.29, 1.82) is 0 Å². The van der Waals surface area contributed by atoms with Crippen molar-refractivity contribution in [3.05, 3.63) is 0 Å². The number of hydrogen-bond donors (Lipinski definition) is 2. The van der Waals surface area contributed by atoms with Crippen LogP contribution < -0.4 is 5.32 Å². The van der Waals surface area contributed by atoms with E-state index in [1.807, 2.05) is 11.8 Å². The number of nitrogens with zero attached hydrogens (tertiary/aromatic N) is 2. The van der Waals surface area contributed by atoms with Crippen molar-refractivity contribution < 1.29 is 14.7 Å². The molecule has 1 atom stereocenters. The molecule has 6 heteroatoms. The van der Waals surface area contributed by atoms with Gasteiger partial charge >= 0.3 is 12.0 Å². The van der Waals surface area contributed by atoms with Crippen molar-refractivity contribution in [1.82, 2.24) is 15.1 Å². The average Bonchev–Trinajstić information content (AvgIpc) is 2.45. The number of likely N-dealkylation sites (tertiary alicyclic amines) is 1. The number of urea groups is 1. The maximum Gasteiger partial charge on any atom is 0.317 e. The molecule has 0 spiro atoms. The van der Waals surface area contributed by atoms with Gasteiger partial charge in [0, 0.05) is 32.1 Å². The molecule has 1 saturated heterocycles. The van der Waals surface area contributed by atoms with Gasteiger partial charge in [0.15, 0.2) is 0 Å². The molecular formula is C15H29N3O3. The highest BCUT2D eigenvalue weighted by atomic mass is 16.4. The Morgan fingerprint density at radius 3 is 2.43 bits per heavy atom. The minimum absolute atomic E-state index is 0.0117. The number of piperidine rings is 1. The van der Waals surface area contributed by atoms with Crippen LogP contribution in [0.2, 0.25) is 0 Å². The molecule has 0 aromatic rings. The lowest BCUT2D eigenvalue weighted by Crippen LogP contribution is -2.48. The Bertz CT molecular complexity index is 339. The zero-order valence-corrected chi connectivity index (χ0v) is 13.5. The second-order valence-corrected chi connectivity index (χ2v) is 6.24. The Labute approximate surface area is 127 Å². The summed E-state index contributed by atoms with van der Waals surface area (Å²) in [5, 5.41) is 11.6. The van der Waals surface area contributed by atoms with Gasteiger partial charge < -0.3 is 20.2 Å². The molecule has 0 saturated carbocycles. The lowest BCUT2D eigenvalue weighted by Gasteiger charge is -2.35. The average molecular weight is 299 g/mol. The minimum Gasteiger partial charge on any atom is -0.481 e. The molecule has 0 aromatic carbocycles. The van der Waals surface area contributed by atoms with Gasteiger partial charge in [-0.25, -0.2) is 4.79 Å². The summed E-state index contributed by atoms with van der Waals surface area (Å²) >= 11 is 0. The number of hydrogen-bond acceptors (Lipinski definition) is 3. The first kappa shape index (κ1) is 17.8. The third-order valence-electron chi connectivity index (χ3n) is 4.25. The summed E-state index contributed by atoms with van der Waals surface area (Å²) in [5.74, 6) is -0.435. The molecule has 1 aliphatic rings. The Hall–Kier alpha value is -1.30. The monoisotopic (exact) mass is 299 g/mol. The second kappa shape index (κ2) is 8.87. The lowest BCUT2D eigenvalue weighted by atomic mass is 10.0. The van der Waals surface area contributed by atoms with Gasteiger partial charge in [-0.3, -0.25) is 4.79 Å². The summed E-state index contributed by atoms with van der Waals surface area (Å²) in [4.78, 5) is 26.6. The van der Waals surface area contributed by atoms with Gasteiger partial charge in [-0.15, -0.1) is 0 Å². The van der Waals surface area contributed by atoms with E-state index in [-0.39, 0.29) is 12.5 Å². The van der Waals surface area contributed by atoms with Crippen LogP contribution in [0.3, 0.4) is 0 Å². The number of carboxylic acid groups (broad SMARTS) is 1. The fraction of sp³-hybridized carbons (Fsp3) is 0.867. The SMILES string of the molecule is CC(CCNC(=O)N1CCC(N(C)C)CC1)CCC(=O)O. The Balaban J connectivity index is 2.15. The van der Waals surface area contributed by atoms with Gasteiger partial charge in [-0.2, -0.15) is 0 Å². The normalized spacial score (nSPS) is 17.8. The standard InChI is InChI=1S/C15H29N3O3/c1-12(4-5-14(19)20)6-9-16-15(21)18-10-7-13(8-11-18)17(2)3/h12-13H,4-11H2,1-3H3,(H,16,21)(H,19,20). The molecule has 1 unspecified atom stereocenters. The van der Waals surface area contributed by atoms with Crippen LogP contribution in [0.25, 0.3) is 0 Å². The molecule has 2 amide bonds. The molecule has 0 radical (unpaired) electrons. The first-order valence-corrected chi connectivity index (χ1v) is 7.81. The van der Waals surface area contributed by atoms with E-state index in [1.54, 1.807) is 0 Å². The fourth-order valence-electron chi connectivity index (χ4n) is 2.64. The van der Waals surface area contributed by atoms with Crippen LogP contribution in [0.4, 0.5) is 4.79 Å². The quantitative estimate of drug-likeness (QED) is 0.749. The molecule has 1 aliphatic heterocycles. The number of carbonyl (C=O) groups is 2. The molecule has 6 nitrogen and oxygen atoms in total. The van der Waals surface area contributed by atoms with Crippen molar-refractivity contribution in [3.8, 4) is 0 Å². The van der Waals surface area contributed by atoms with Gasteiger partial charge in [-0.05, 0) is 45.7 Å². The summed E-state index contributed by atoms with van der Waals surface area (Å²) in [5.41, 5.74) is 0. The molecule has 0 aromatic heterocycles. The van der Waals surface area contributed by atoms with Crippen molar-refractivity contribution in [2.75, 3.05) is 33.7 Å². The topological polar surface area (TPSA) is 72.9 Å². The molecular weight excluding hydrogens is 270 g/mol. The predicted molar refractivity (Wildman–Crippen MR) is 82.3 cm³/mol. The number of aliphatic carboxylic acids is 1. The molecule has 1 rings (SSSR count). The van der Waals surface area contributed by atoms with Crippen molar-refractivity contribution in [2.45, 2.75) is 45.1 Å². The number of carboxylic acids is 1. The Kier molecular flexibility index (Phi) is 7.50. The highest BCUT2D eigenvalue weighted by molar-refractivity contribution is 5.74. The summed E-state index contributed by atoms with van der Waals surface area (Å²) < 4.78 is 0. The van der Waals surface area contributed by atoms with Crippen LogP contribution in [0.15, 0.2) is 0 Å². The van der Waals surface area contributed by atoms with E-state index in [0.717, 1.165) is 32.4 Å². The molecule has 122 valence electrons. The summed E-state index contributed by atoms with van der Waals surface area (Å²) in [6.45, 7) is 4.26. The summed E-state index contributed by atoms with van der Waals surface area (Å²) in [6, 6.07) is 0.586. The van der Waals surface area contributed by atoms with Crippen LogP contribution in [0, 0.1) is 5.92 Å². The highest BCUT2D eigenvalue weighted by Gasteiger charge is 2.23. The molecule has 2 N–H and O–H groups in total. The molecule has 21 heavy (non-hydrogen) atoms. The smallest absolute Gasteiger partial charge is 0.317 e. The fourth-order valence-corrected chi connectivity index (χ4v) is 2.64. The van der Waals surface area contributed by atoms with E-state index >= 15 is 0 Å². The van der Waals surface area contributed by atoms with E-state index in [2.05, 4.69) is 24.3 Å². The molecule has 0 aliphatic carbocycles. The van der Waals surface area contributed by atoms with Gasteiger partial charge in [0.05, 0.1) is 0 Å². The Morgan fingerprint density at radius 2 is 1.90 bits per heavy atom. The van der Waals surface area contributed by atoms with Crippen LogP contribution >= 0.6 is 0 Å².